The van der Waals surface area contributed by atoms with E-state index in [1.54, 1.807) is 0 Å². The second-order valence-corrected chi connectivity index (χ2v) is 18.2. The molecule has 0 saturated heterocycles. The maximum absolute atomic E-state index is 2.46. The van der Waals surface area contributed by atoms with Crippen molar-refractivity contribution in [2.75, 3.05) is 4.90 Å². The lowest BCUT2D eigenvalue weighted by atomic mass is 9.67. The number of hydrogen-bond donors (Lipinski definition) is 0. The molecule has 0 atom stereocenters. The van der Waals surface area contributed by atoms with Gasteiger partial charge in [0.15, 0.2) is 0 Å². The van der Waals surface area contributed by atoms with E-state index in [1.807, 2.05) is 11.3 Å². The summed E-state index contributed by atoms with van der Waals surface area (Å²) in [6, 6.07) is 91.9. The van der Waals surface area contributed by atoms with Crippen molar-refractivity contribution in [1.29, 1.82) is 0 Å². The van der Waals surface area contributed by atoms with E-state index in [-0.39, 0.29) is 0 Å². The molecule has 0 bridgehead atoms. The van der Waals surface area contributed by atoms with Gasteiger partial charge in [-0.1, -0.05) is 218 Å². The van der Waals surface area contributed by atoms with E-state index in [9.17, 15) is 0 Å². The highest BCUT2D eigenvalue weighted by atomic mass is 32.1. The normalized spacial score (nSPS) is 12.7. The van der Waals surface area contributed by atoms with E-state index in [0.717, 1.165) is 11.4 Å². The molecule has 1 heterocycles. The highest BCUT2D eigenvalue weighted by Gasteiger charge is 2.46. The van der Waals surface area contributed by atoms with Crippen molar-refractivity contribution < 1.29 is 0 Å². The molecule has 0 amide bonds. The van der Waals surface area contributed by atoms with Crippen molar-refractivity contribution in [3.8, 4) is 33.4 Å². The topological polar surface area (TPSA) is 3.24 Å². The number of hydrogen-bond acceptors (Lipinski definition) is 2. The van der Waals surface area contributed by atoms with Crippen LogP contribution in [0.5, 0.6) is 0 Å². The molecule has 0 radical (unpaired) electrons. The standard InChI is InChI=1S/C63H41NS/c1-3-19-46(20-4-1)63(47-21-5-2-6-22-47)57-29-12-11-25-56(57)60-52(27-14-30-58(60)63)45-34-39-49(40-35-45)64(48-37-32-44(33-38-48)51-26-13-18-42-16-7-9-23-50(42)51)59-31-15-28-54-55-41-36-43-17-8-10-24-53(43)61(55)65-62(54)59/h1-41H. The van der Waals surface area contributed by atoms with Gasteiger partial charge in [0.05, 0.1) is 15.8 Å². The van der Waals surface area contributed by atoms with Gasteiger partial charge in [-0.3, -0.25) is 0 Å². The Hall–Kier alpha value is -8.04. The van der Waals surface area contributed by atoms with Crippen molar-refractivity contribution in [3.63, 3.8) is 0 Å². The monoisotopic (exact) mass is 843 g/mol. The van der Waals surface area contributed by atoms with E-state index in [4.69, 9.17) is 0 Å². The average Bonchev–Trinajstić information content (AvgIpc) is 3.92. The van der Waals surface area contributed by atoms with Crippen LogP contribution in [-0.2, 0) is 5.41 Å². The third kappa shape index (κ3) is 5.78. The van der Waals surface area contributed by atoms with Crippen LogP contribution in [0, 0.1) is 0 Å². The summed E-state index contributed by atoms with van der Waals surface area (Å²) in [6.45, 7) is 0. The largest absolute Gasteiger partial charge is 0.309 e. The molecule has 1 nitrogen and oxygen atoms in total. The third-order valence-corrected chi connectivity index (χ3v) is 15.0. The predicted octanol–water partition coefficient (Wildman–Crippen LogP) is 17.5. The molecule has 0 spiro atoms. The molecule has 304 valence electrons. The molecule has 1 aliphatic carbocycles. The second-order valence-electron chi connectivity index (χ2n) is 17.1. The molecule has 0 saturated carbocycles. The third-order valence-electron chi connectivity index (χ3n) is 13.8. The highest BCUT2D eigenvalue weighted by molar-refractivity contribution is 7.27. The van der Waals surface area contributed by atoms with Crippen molar-refractivity contribution in [3.05, 3.63) is 271 Å². The van der Waals surface area contributed by atoms with Crippen molar-refractivity contribution >= 4 is 70.1 Å². The summed E-state index contributed by atoms with van der Waals surface area (Å²) in [6.07, 6.45) is 0. The van der Waals surface area contributed by atoms with Crippen LogP contribution in [0.25, 0.3) is 75.1 Å². The minimum absolute atomic E-state index is 0.451. The van der Waals surface area contributed by atoms with Gasteiger partial charge in [-0.05, 0) is 108 Å². The van der Waals surface area contributed by atoms with Crippen LogP contribution >= 0.6 is 11.3 Å². The first-order valence-corrected chi connectivity index (χ1v) is 23.2. The summed E-state index contributed by atoms with van der Waals surface area (Å²) < 4.78 is 2.60. The first-order chi connectivity index (χ1) is 32.3. The minimum atomic E-state index is -0.451. The van der Waals surface area contributed by atoms with Crippen LogP contribution in [0.2, 0.25) is 0 Å². The number of thiophene rings is 1. The quantitative estimate of drug-likeness (QED) is 0.154. The van der Waals surface area contributed by atoms with Crippen LogP contribution in [0.3, 0.4) is 0 Å². The fourth-order valence-corrected chi connectivity index (χ4v) is 12.2. The lowest BCUT2D eigenvalue weighted by Crippen LogP contribution is -2.28. The molecular weight excluding hydrogens is 803 g/mol. The predicted molar refractivity (Wildman–Crippen MR) is 277 cm³/mol. The van der Waals surface area contributed by atoms with Gasteiger partial charge in [-0.2, -0.15) is 0 Å². The fraction of sp³-hybridized carbons (Fsp3) is 0.0159. The second kappa shape index (κ2) is 15.1. The maximum atomic E-state index is 2.46. The first kappa shape index (κ1) is 37.5. The number of benzene rings is 11. The summed E-state index contributed by atoms with van der Waals surface area (Å²) in [5.74, 6) is 0. The Morgan fingerprint density at radius 2 is 0.800 bits per heavy atom. The summed E-state index contributed by atoms with van der Waals surface area (Å²) in [5.41, 5.74) is 15.6. The highest BCUT2D eigenvalue weighted by Crippen LogP contribution is 2.58. The molecule has 65 heavy (non-hydrogen) atoms. The van der Waals surface area contributed by atoms with Gasteiger partial charge in [-0.25, -0.2) is 0 Å². The first-order valence-electron chi connectivity index (χ1n) is 22.4. The van der Waals surface area contributed by atoms with Gasteiger partial charge < -0.3 is 4.90 Å². The summed E-state index contributed by atoms with van der Waals surface area (Å²) in [7, 11) is 0. The van der Waals surface area contributed by atoms with E-state index in [1.165, 1.54) is 103 Å². The molecular formula is C63H41NS. The zero-order valence-electron chi connectivity index (χ0n) is 35.5. The summed E-state index contributed by atoms with van der Waals surface area (Å²) in [4.78, 5) is 2.46. The molecule has 0 N–H and O–H groups in total. The van der Waals surface area contributed by atoms with Crippen molar-refractivity contribution in [2.24, 2.45) is 0 Å². The summed E-state index contributed by atoms with van der Waals surface area (Å²) >= 11 is 1.90. The zero-order valence-corrected chi connectivity index (χ0v) is 36.3. The Bertz CT molecular complexity index is 3710. The van der Waals surface area contributed by atoms with Crippen molar-refractivity contribution in [2.45, 2.75) is 5.41 Å². The molecule has 13 rings (SSSR count). The van der Waals surface area contributed by atoms with Gasteiger partial charge in [0, 0.05) is 26.8 Å². The van der Waals surface area contributed by atoms with Gasteiger partial charge in [0.1, 0.15) is 0 Å². The number of anilines is 3. The molecule has 2 heteroatoms. The van der Waals surface area contributed by atoms with Gasteiger partial charge in [-0.15, -0.1) is 11.3 Å². The van der Waals surface area contributed by atoms with Crippen LogP contribution < -0.4 is 4.90 Å². The van der Waals surface area contributed by atoms with E-state index in [2.05, 4.69) is 254 Å². The van der Waals surface area contributed by atoms with Crippen LogP contribution in [0.4, 0.5) is 17.1 Å². The van der Waals surface area contributed by atoms with E-state index >= 15 is 0 Å². The van der Waals surface area contributed by atoms with Crippen LogP contribution in [0.1, 0.15) is 22.3 Å². The zero-order chi connectivity index (χ0) is 42.9. The van der Waals surface area contributed by atoms with Crippen molar-refractivity contribution in [1.82, 2.24) is 0 Å². The fourth-order valence-electron chi connectivity index (χ4n) is 10.9. The lowest BCUT2D eigenvalue weighted by molar-refractivity contribution is 0.768. The Kier molecular flexibility index (Phi) is 8.69. The molecule has 1 aliphatic rings. The average molecular weight is 844 g/mol. The Morgan fingerprint density at radius 3 is 1.52 bits per heavy atom. The SMILES string of the molecule is c1ccc(C2(c3ccccc3)c3ccccc3-c3c(-c4ccc(N(c5ccc(-c6cccc7ccccc67)cc5)c5cccc6c5sc5c7ccccc7ccc65)cc4)cccc32)cc1. The van der Waals surface area contributed by atoms with Gasteiger partial charge in [0.25, 0.3) is 0 Å². The lowest BCUT2D eigenvalue weighted by Gasteiger charge is -2.34. The van der Waals surface area contributed by atoms with Crippen LogP contribution in [-0.4, -0.2) is 0 Å². The van der Waals surface area contributed by atoms with E-state index < -0.39 is 5.41 Å². The smallest absolute Gasteiger partial charge is 0.0713 e. The summed E-state index contributed by atoms with van der Waals surface area (Å²) in [5, 5.41) is 7.65. The minimum Gasteiger partial charge on any atom is -0.309 e. The molecule has 1 aromatic heterocycles. The Morgan fingerprint density at radius 1 is 0.308 bits per heavy atom. The van der Waals surface area contributed by atoms with Gasteiger partial charge >= 0.3 is 0 Å². The Balaban J connectivity index is 0.985. The molecule has 0 fully saturated rings. The number of nitrogens with zero attached hydrogens (tertiary/aromatic N) is 1. The van der Waals surface area contributed by atoms with E-state index in [0.29, 0.717) is 0 Å². The number of fused-ring (bicyclic) bond motifs is 9. The molecule has 0 aliphatic heterocycles. The maximum Gasteiger partial charge on any atom is 0.0713 e. The van der Waals surface area contributed by atoms with Gasteiger partial charge in [0.2, 0.25) is 0 Å². The van der Waals surface area contributed by atoms with Crippen LogP contribution in [0.15, 0.2) is 249 Å². The molecule has 12 aromatic rings. The molecule has 0 unspecified atom stereocenters. The Labute approximate surface area is 382 Å². The number of rotatable bonds is 7. The molecule has 11 aromatic carbocycles.